The van der Waals surface area contributed by atoms with E-state index >= 15 is 0 Å². The average molecular weight is 395 g/mol. The van der Waals surface area contributed by atoms with Gasteiger partial charge in [-0.3, -0.25) is 4.79 Å². The van der Waals surface area contributed by atoms with Gasteiger partial charge in [0.05, 0.1) is 16.8 Å². The molecule has 2 heterocycles. The summed E-state index contributed by atoms with van der Waals surface area (Å²) >= 11 is 1.33. The lowest BCUT2D eigenvalue weighted by molar-refractivity contribution is -0.120. The molecule has 1 saturated heterocycles. The number of aromatic nitrogens is 3. The van der Waals surface area contributed by atoms with Crippen LogP contribution in [0.1, 0.15) is 20.3 Å². The lowest BCUT2D eigenvalue weighted by Gasteiger charge is -2.15. The van der Waals surface area contributed by atoms with E-state index in [-0.39, 0.29) is 23.5 Å². The highest BCUT2D eigenvalue weighted by molar-refractivity contribution is 8.00. The molecule has 1 amide bonds. The third-order valence-corrected chi connectivity index (χ3v) is 7.14. The summed E-state index contributed by atoms with van der Waals surface area (Å²) in [5, 5.41) is 11.6. The van der Waals surface area contributed by atoms with E-state index < -0.39 is 15.1 Å². The van der Waals surface area contributed by atoms with Gasteiger partial charge in [-0.2, -0.15) is 0 Å². The molecule has 1 N–H and O–H groups in total. The minimum absolute atomic E-state index is 0.0272. The molecule has 26 heavy (non-hydrogen) atoms. The molecule has 2 aromatic rings. The van der Waals surface area contributed by atoms with E-state index in [0.717, 1.165) is 11.4 Å². The van der Waals surface area contributed by atoms with E-state index in [1.54, 1.807) is 6.92 Å². The van der Waals surface area contributed by atoms with Crippen molar-refractivity contribution in [1.82, 2.24) is 20.1 Å². The summed E-state index contributed by atoms with van der Waals surface area (Å²) in [4.78, 5) is 12.4. The van der Waals surface area contributed by atoms with Gasteiger partial charge in [-0.1, -0.05) is 42.1 Å². The second kappa shape index (κ2) is 7.79. The molecule has 9 heteroatoms. The van der Waals surface area contributed by atoms with Gasteiger partial charge in [0, 0.05) is 18.2 Å². The number of rotatable bonds is 6. The predicted molar refractivity (Wildman–Crippen MR) is 102 cm³/mol. The third kappa shape index (κ3) is 4.27. The molecule has 1 aliphatic rings. The predicted octanol–water partition coefficient (Wildman–Crippen LogP) is 1.75. The second-order valence-corrected chi connectivity index (χ2v) is 9.82. The molecule has 0 bridgehead atoms. The standard InChI is InChI=1S/C17H22N4O3S2/c1-3-21-15(13-7-5-4-6-8-13)19-20-17(21)25-12(2)16(22)18-14-9-10-26(23,24)11-14/h4-8,12,14H,3,9-11H2,1-2H3,(H,18,22)/t12-,14-/m0/s1. The molecule has 0 saturated carbocycles. The number of amides is 1. The molecule has 3 rings (SSSR count). The van der Waals surface area contributed by atoms with Crippen LogP contribution < -0.4 is 5.32 Å². The minimum Gasteiger partial charge on any atom is -0.351 e. The van der Waals surface area contributed by atoms with Crippen LogP contribution in [0.2, 0.25) is 0 Å². The number of carbonyl (C=O) groups is 1. The van der Waals surface area contributed by atoms with E-state index in [0.29, 0.717) is 18.1 Å². The number of hydrogen-bond acceptors (Lipinski definition) is 6. The van der Waals surface area contributed by atoms with E-state index in [1.807, 2.05) is 41.8 Å². The van der Waals surface area contributed by atoms with Gasteiger partial charge in [0.2, 0.25) is 5.91 Å². The Morgan fingerprint density at radius 2 is 2.08 bits per heavy atom. The van der Waals surface area contributed by atoms with Crippen molar-refractivity contribution in [3.8, 4) is 11.4 Å². The maximum atomic E-state index is 12.4. The van der Waals surface area contributed by atoms with E-state index in [4.69, 9.17) is 0 Å². The fourth-order valence-corrected chi connectivity index (χ4v) is 5.50. The Morgan fingerprint density at radius 1 is 1.35 bits per heavy atom. The Kier molecular flexibility index (Phi) is 5.67. The fourth-order valence-electron chi connectivity index (χ4n) is 2.90. The van der Waals surface area contributed by atoms with Crippen molar-refractivity contribution in [3.05, 3.63) is 30.3 Å². The number of hydrogen-bond donors (Lipinski definition) is 1. The van der Waals surface area contributed by atoms with Gasteiger partial charge in [-0.05, 0) is 20.3 Å². The molecule has 2 atom stereocenters. The van der Waals surface area contributed by atoms with E-state index in [1.165, 1.54) is 11.8 Å². The van der Waals surface area contributed by atoms with Crippen LogP contribution in [0.25, 0.3) is 11.4 Å². The first-order chi connectivity index (χ1) is 12.4. The largest absolute Gasteiger partial charge is 0.351 e. The van der Waals surface area contributed by atoms with Gasteiger partial charge in [0.25, 0.3) is 0 Å². The normalized spacial score (nSPS) is 20.0. The zero-order chi connectivity index (χ0) is 18.7. The number of thioether (sulfide) groups is 1. The van der Waals surface area contributed by atoms with Gasteiger partial charge in [0.1, 0.15) is 0 Å². The van der Waals surface area contributed by atoms with Crippen LogP contribution in [0.5, 0.6) is 0 Å². The Bertz CT molecular complexity index is 881. The van der Waals surface area contributed by atoms with E-state index in [2.05, 4.69) is 15.5 Å². The lowest BCUT2D eigenvalue weighted by Crippen LogP contribution is -2.40. The molecule has 140 valence electrons. The monoisotopic (exact) mass is 394 g/mol. The smallest absolute Gasteiger partial charge is 0.233 e. The summed E-state index contributed by atoms with van der Waals surface area (Å²) in [6, 6.07) is 9.49. The molecule has 0 radical (unpaired) electrons. The number of nitrogens with zero attached hydrogens (tertiary/aromatic N) is 3. The average Bonchev–Trinajstić information content (AvgIpc) is 3.17. The third-order valence-electron chi connectivity index (χ3n) is 4.30. The first-order valence-electron chi connectivity index (χ1n) is 8.55. The molecule has 1 aromatic heterocycles. The molecular formula is C17H22N4O3S2. The van der Waals surface area contributed by atoms with Crippen molar-refractivity contribution in [2.75, 3.05) is 11.5 Å². The van der Waals surface area contributed by atoms with Gasteiger partial charge in [-0.25, -0.2) is 8.42 Å². The van der Waals surface area contributed by atoms with Crippen LogP contribution >= 0.6 is 11.8 Å². The quantitative estimate of drug-likeness (QED) is 0.750. The summed E-state index contributed by atoms with van der Waals surface area (Å²) < 4.78 is 25.0. The summed E-state index contributed by atoms with van der Waals surface area (Å²) in [6.07, 6.45) is 0.481. The van der Waals surface area contributed by atoms with Gasteiger partial charge in [-0.15, -0.1) is 10.2 Å². The molecule has 7 nitrogen and oxygen atoms in total. The van der Waals surface area contributed by atoms with Crippen molar-refractivity contribution >= 4 is 27.5 Å². The summed E-state index contributed by atoms with van der Waals surface area (Å²) in [6.45, 7) is 4.49. The van der Waals surface area contributed by atoms with Crippen molar-refractivity contribution < 1.29 is 13.2 Å². The Balaban J connectivity index is 1.68. The number of benzene rings is 1. The van der Waals surface area contributed by atoms with Crippen LogP contribution in [-0.4, -0.2) is 51.9 Å². The molecule has 1 aromatic carbocycles. The number of sulfone groups is 1. The van der Waals surface area contributed by atoms with Crippen molar-refractivity contribution in [2.45, 2.75) is 43.3 Å². The Hall–Kier alpha value is -1.87. The number of nitrogens with one attached hydrogen (secondary N) is 1. The minimum atomic E-state index is -3.01. The lowest BCUT2D eigenvalue weighted by atomic mass is 10.2. The molecule has 0 spiro atoms. The second-order valence-electron chi connectivity index (χ2n) is 6.29. The molecule has 1 aliphatic heterocycles. The van der Waals surface area contributed by atoms with Crippen LogP contribution in [0.4, 0.5) is 0 Å². The van der Waals surface area contributed by atoms with Crippen molar-refractivity contribution in [2.24, 2.45) is 0 Å². The number of carbonyl (C=O) groups excluding carboxylic acids is 1. The van der Waals surface area contributed by atoms with Gasteiger partial charge < -0.3 is 9.88 Å². The van der Waals surface area contributed by atoms with E-state index in [9.17, 15) is 13.2 Å². The van der Waals surface area contributed by atoms with Crippen molar-refractivity contribution in [1.29, 1.82) is 0 Å². The van der Waals surface area contributed by atoms with Crippen LogP contribution in [0, 0.1) is 0 Å². The summed E-state index contributed by atoms with van der Waals surface area (Å²) in [5.41, 5.74) is 0.974. The topological polar surface area (TPSA) is 94.0 Å². The highest BCUT2D eigenvalue weighted by Gasteiger charge is 2.30. The van der Waals surface area contributed by atoms with Crippen LogP contribution in [-0.2, 0) is 21.2 Å². The molecule has 0 unspecified atom stereocenters. The van der Waals surface area contributed by atoms with Crippen LogP contribution in [0.3, 0.4) is 0 Å². The maximum absolute atomic E-state index is 12.4. The van der Waals surface area contributed by atoms with Crippen LogP contribution in [0.15, 0.2) is 35.5 Å². The van der Waals surface area contributed by atoms with Gasteiger partial charge in [0.15, 0.2) is 20.8 Å². The SMILES string of the molecule is CCn1c(S[C@@H](C)C(=O)N[C@H]2CCS(=O)(=O)C2)nnc1-c1ccccc1. The zero-order valence-electron chi connectivity index (χ0n) is 14.8. The summed E-state index contributed by atoms with van der Waals surface area (Å²) in [7, 11) is -3.01. The zero-order valence-corrected chi connectivity index (χ0v) is 16.4. The summed E-state index contributed by atoms with van der Waals surface area (Å²) in [5.74, 6) is 0.762. The van der Waals surface area contributed by atoms with Crippen molar-refractivity contribution in [3.63, 3.8) is 0 Å². The molecular weight excluding hydrogens is 372 g/mol. The first kappa shape index (κ1) is 18.9. The molecule has 1 fully saturated rings. The Labute approximate surface area is 157 Å². The van der Waals surface area contributed by atoms with Gasteiger partial charge >= 0.3 is 0 Å². The molecule has 0 aliphatic carbocycles. The fraction of sp³-hybridized carbons (Fsp3) is 0.471. The first-order valence-corrected chi connectivity index (χ1v) is 11.3. The maximum Gasteiger partial charge on any atom is 0.233 e. The highest BCUT2D eigenvalue weighted by atomic mass is 32.2. The Morgan fingerprint density at radius 3 is 2.69 bits per heavy atom. The highest BCUT2D eigenvalue weighted by Crippen LogP contribution is 2.27.